The molecule has 31 heavy (non-hydrogen) atoms. The molecule has 4 aromatic rings. The van der Waals surface area contributed by atoms with E-state index in [0.29, 0.717) is 5.02 Å². The van der Waals surface area contributed by atoms with Crippen LogP contribution in [-0.2, 0) is 0 Å². The molecule has 6 nitrogen and oxygen atoms in total. The van der Waals surface area contributed by atoms with Crippen LogP contribution in [0.25, 0.3) is 10.9 Å². The predicted octanol–water partition coefficient (Wildman–Crippen LogP) is 5.06. The fourth-order valence-corrected chi connectivity index (χ4v) is 4.04. The molecule has 5 rings (SSSR count). The van der Waals surface area contributed by atoms with Gasteiger partial charge in [0.05, 0.1) is 5.52 Å². The van der Waals surface area contributed by atoms with E-state index >= 15 is 0 Å². The number of pyridine rings is 1. The van der Waals surface area contributed by atoms with Crippen LogP contribution in [0, 0.1) is 6.92 Å². The first-order chi connectivity index (χ1) is 15.2. The molecule has 1 saturated heterocycles. The molecule has 0 bridgehead atoms. The van der Waals surface area contributed by atoms with Crippen molar-refractivity contribution in [3.8, 4) is 0 Å². The minimum atomic E-state index is 0.712. The molecule has 0 aliphatic carbocycles. The molecule has 3 heterocycles. The number of fused-ring (bicyclic) bond motifs is 1. The SMILES string of the molecule is Cc1ccc2c(N3CCN(c4nccc(Nc5ccc(Cl)cc5)n4)CC3)ccnc2c1. The van der Waals surface area contributed by atoms with Gasteiger partial charge in [0.25, 0.3) is 0 Å². The second kappa shape index (κ2) is 8.40. The lowest BCUT2D eigenvalue weighted by molar-refractivity contribution is 0.641. The number of nitrogens with zero attached hydrogens (tertiary/aromatic N) is 5. The van der Waals surface area contributed by atoms with E-state index in [2.05, 4.69) is 56.3 Å². The highest BCUT2D eigenvalue weighted by molar-refractivity contribution is 6.30. The van der Waals surface area contributed by atoms with E-state index in [4.69, 9.17) is 16.6 Å². The third-order valence-corrected chi connectivity index (χ3v) is 5.79. The van der Waals surface area contributed by atoms with Gasteiger partial charge in [0.15, 0.2) is 0 Å². The van der Waals surface area contributed by atoms with Crippen molar-refractivity contribution in [2.75, 3.05) is 41.3 Å². The number of piperazine rings is 1. The maximum atomic E-state index is 5.97. The number of halogens is 1. The highest BCUT2D eigenvalue weighted by Crippen LogP contribution is 2.27. The van der Waals surface area contributed by atoms with Gasteiger partial charge in [-0.3, -0.25) is 4.98 Å². The molecule has 1 N–H and O–H groups in total. The lowest BCUT2D eigenvalue weighted by atomic mass is 10.1. The summed E-state index contributed by atoms with van der Waals surface area (Å²) in [5.41, 5.74) is 4.46. The van der Waals surface area contributed by atoms with Gasteiger partial charge < -0.3 is 15.1 Å². The lowest BCUT2D eigenvalue weighted by Crippen LogP contribution is -2.47. The van der Waals surface area contributed by atoms with Crippen molar-refractivity contribution in [3.05, 3.63) is 77.6 Å². The van der Waals surface area contributed by atoms with Gasteiger partial charge in [-0.05, 0) is 55.0 Å². The van der Waals surface area contributed by atoms with Gasteiger partial charge in [0, 0.05) is 60.4 Å². The second-order valence-electron chi connectivity index (χ2n) is 7.70. The van der Waals surface area contributed by atoms with Gasteiger partial charge in [-0.2, -0.15) is 4.98 Å². The zero-order valence-electron chi connectivity index (χ0n) is 17.3. The van der Waals surface area contributed by atoms with E-state index in [1.165, 1.54) is 16.6 Å². The summed E-state index contributed by atoms with van der Waals surface area (Å²) in [7, 11) is 0. The van der Waals surface area contributed by atoms with Crippen LogP contribution in [-0.4, -0.2) is 41.1 Å². The number of hydrogen-bond acceptors (Lipinski definition) is 6. The predicted molar refractivity (Wildman–Crippen MR) is 128 cm³/mol. The summed E-state index contributed by atoms with van der Waals surface area (Å²) in [6.07, 6.45) is 3.70. The van der Waals surface area contributed by atoms with E-state index in [0.717, 1.165) is 49.1 Å². The quantitative estimate of drug-likeness (QED) is 0.488. The van der Waals surface area contributed by atoms with Crippen LogP contribution in [0.2, 0.25) is 5.02 Å². The highest BCUT2D eigenvalue weighted by Gasteiger charge is 2.21. The number of benzene rings is 2. The van der Waals surface area contributed by atoms with Crippen molar-refractivity contribution < 1.29 is 0 Å². The van der Waals surface area contributed by atoms with Crippen LogP contribution in [0.4, 0.5) is 23.1 Å². The summed E-state index contributed by atoms with van der Waals surface area (Å²) < 4.78 is 0. The number of aromatic nitrogens is 3. The molecule has 0 amide bonds. The molecule has 2 aromatic heterocycles. The Labute approximate surface area is 186 Å². The summed E-state index contributed by atoms with van der Waals surface area (Å²) >= 11 is 5.97. The van der Waals surface area contributed by atoms with E-state index in [1.807, 2.05) is 36.5 Å². The Morgan fingerprint density at radius 1 is 0.839 bits per heavy atom. The Balaban J connectivity index is 1.29. The topological polar surface area (TPSA) is 57.2 Å². The number of nitrogens with one attached hydrogen (secondary N) is 1. The molecule has 0 saturated carbocycles. The smallest absolute Gasteiger partial charge is 0.227 e. The van der Waals surface area contributed by atoms with E-state index in [-0.39, 0.29) is 0 Å². The molecular weight excluding hydrogens is 408 g/mol. The van der Waals surface area contributed by atoms with Gasteiger partial charge in [-0.15, -0.1) is 0 Å². The number of anilines is 4. The maximum absolute atomic E-state index is 5.97. The molecule has 0 atom stereocenters. The van der Waals surface area contributed by atoms with Gasteiger partial charge >= 0.3 is 0 Å². The summed E-state index contributed by atoms with van der Waals surface area (Å²) in [5.74, 6) is 1.51. The lowest BCUT2D eigenvalue weighted by Gasteiger charge is -2.36. The van der Waals surface area contributed by atoms with Gasteiger partial charge in [0.1, 0.15) is 5.82 Å². The second-order valence-corrected chi connectivity index (χ2v) is 8.13. The fourth-order valence-electron chi connectivity index (χ4n) is 3.92. The molecule has 1 aliphatic heterocycles. The van der Waals surface area contributed by atoms with Crippen molar-refractivity contribution >= 4 is 45.6 Å². The Bertz CT molecular complexity index is 1200. The first kappa shape index (κ1) is 19.6. The van der Waals surface area contributed by atoms with Crippen LogP contribution in [0.3, 0.4) is 0 Å². The molecule has 0 unspecified atom stereocenters. The normalized spacial score (nSPS) is 14.1. The van der Waals surface area contributed by atoms with E-state index in [1.54, 1.807) is 6.20 Å². The number of aryl methyl sites for hydroxylation is 1. The van der Waals surface area contributed by atoms with Crippen molar-refractivity contribution in [1.29, 1.82) is 0 Å². The van der Waals surface area contributed by atoms with Crippen LogP contribution >= 0.6 is 11.6 Å². The molecule has 0 spiro atoms. The highest BCUT2D eigenvalue weighted by atomic mass is 35.5. The zero-order valence-corrected chi connectivity index (χ0v) is 18.0. The Kier molecular flexibility index (Phi) is 5.30. The van der Waals surface area contributed by atoms with Gasteiger partial charge in [-0.1, -0.05) is 23.7 Å². The summed E-state index contributed by atoms with van der Waals surface area (Å²) in [6.45, 7) is 5.64. The fraction of sp³-hybridized carbons (Fsp3) is 0.208. The summed E-state index contributed by atoms with van der Waals surface area (Å²) in [6, 6.07) is 18.0. The zero-order chi connectivity index (χ0) is 21.2. The Morgan fingerprint density at radius 2 is 1.58 bits per heavy atom. The molecular formula is C24H23ClN6. The monoisotopic (exact) mass is 430 g/mol. The Morgan fingerprint density at radius 3 is 2.39 bits per heavy atom. The van der Waals surface area contributed by atoms with Crippen molar-refractivity contribution in [2.45, 2.75) is 6.92 Å². The Hall–Kier alpha value is -3.38. The average Bonchev–Trinajstić information content (AvgIpc) is 2.80. The first-order valence-electron chi connectivity index (χ1n) is 10.4. The molecule has 1 aliphatic rings. The largest absolute Gasteiger partial charge is 0.367 e. The minimum Gasteiger partial charge on any atom is -0.367 e. The maximum Gasteiger partial charge on any atom is 0.227 e. The average molecular weight is 431 g/mol. The molecule has 7 heteroatoms. The first-order valence-corrected chi connectivity index (χ1v) is 10.7. The van der Waals surface area contributed by atoms with Crippen molar-refractivity contribution in [1.82, 2.24) is 15.0 Å². The molecule has 2 aromatic carbocycles. The third-order valence-electron chi connectivity index (χ3n) is 5.54. The van der Waals surface area contributed by atoms with E-state index < -0.39 is 0 Å². The van der Waals surface area contributed by atoms with Crippen molar-refractivity contribution in [3.63, 3.8) is 0 Å². The summed E-state index contributed by atoms with van der Waals surface area (Å²) in [5, 5.41) is 5.23. The molecule has 1 fully saturated rings. The number of rotatable bonds is 4. The van der Waals surface area contributed by atoms with Gasteiger partial charge in [0.2, 0.25) is 5.95 Å². The number of hydrogen-bond donors (Lipinski definition) is 1. The molecule has 0 radical (unpaired) electrons. The third kappa shape index (κ3) is 4.25. The van der Waals surface area contributed by atoms with Crippen LogP contribution < -0.4 is 15.1 Å². The van der Waals surface area contributed by atoms with Crippen LogP contribution in [0.5, 0.6) is 0 Å². The van der Waals surface area contributed by atoms with E-state index in [9.17, 15) is 0 Å². The minimum absolute atomic E-state index is 0.712. The van der Waals surface area contributed by atoms with Crippen LogP contribution in [0.1, 0.15) is 5.56 Å². The van der Waals surface area contributed by atoms with Gasteiger partial charge in [-0.25, -0.2) is 4.98 Å². The molecule has 156 valence electrons. The van der Waals surface area contributed by atoms with Crippen molar-refractivity contribution in [2.24, 2.45) is 0 Å². The standard InChI is InChI=1S/C24H23ClN6/c1-17-2-7-20-21(16-17)26-10-8-22(20)30-12-14-31(15-13-30)24-27-11-9-23(29-24)28-19-5-3-18(25)4-6-19/h2-11,16H,12-15H2,1H3,(H,27,28,29). The summed E-state index contributed by atoms with van der Waals surface area (Å²) in [4.78, 5) is 18.4. The van der Waals surface area contributed by atoms with Crippen LogP contribution in [0.15, 0.2) is 67.0 Å².